The summed E-state index contributed by atoms with van der Waals surface area (Å²) in [6.07, 6.45) is 4.01. The average molecular weight is 376 g/mol. The number of hydrogen-bond donors (Lipinski definition) is 2. The largest absolute Gasteiger partial charge is 0.468 e. The van der Waals surface area contributed by atoms with Crippen LogP contribution in [0.3, 0.4) is 0 Å². The summed E-state index contributed by atoms with van der Waals surface area (Å²) in [6.45, 7) is 0.593. The van der Waals surface area contributed by atoms with E-state index < -0.39 is 18.7 Å². The molecule has 0 amide bonds. The lowest BCUT2D eigenvalue weighted by Gasteiger charge is -2.40. The van der Waals surface area contributed by atoms with Crippen molar-refractivity contribution in [1.82, 2.24) is 4.90 Å². The van der Waals surface area contributed by atoms with Gasteiger partial charge in [0.1, 0.15) is 5.70 Å². The van der Waals surface area contributed by atoms with Crippen molar-refractivity contribution >= 4 is 6.21 Å². The third kappa shape index (κ3) is 5.26. The van der Waals surface area contributed by atoms with Crippen molar-refractivity contribution in [1.29, 1.82) is 0 Å². The molecule has 2 atom stereocenters. The lowest BCUT2D eigenvalue weighted by molar-refractivity contribution is -0.165. The molecular weight excluding hydrogens is 349 g/mol. The molecule has 0 spiro atoms. The van der Waals surface area contributed by atoms with E-state index in [4.69, 9.17) is 16.2 Å². The molecule has 3 aliphatic rings. The molecule has 1 saturated carbocycles. The Kier molecular flexibility index (Phi) is 5.96. The van der Waals surface area contributed by atoms with E-state index in [1.807, 2.05) is 0 Å². The van der Waals surface area contributed by atoms with Crippen LogP contribution in [0.25, 0.3) is 0 Å². The molecule has 9 heteroatoms. The third-order valence-electron chi connectivity index (χ3n) is 5.35. The van der Waals surface area contributed by atoms with Gasteiger partial charge in [-0.1, -0.05) is 0 Å². The zero-order chi connectivity index (χ0) is 18.7. The Bertz CT molecular complexity index is 533. The molecule has 148 valence electrons. The molecule has 0 aromatic rings. The predicted molar refractivity (Wildman–Crippen MR) is 91.4 cm³/mol. The van der Waals surface area contributed by atoms with E-state index in [2.05, 4.69) is 14.6 Å². The van der Waals surface area contributed by atoms with Gasteiger partial charge in [0.25, 0.3) is 0 Å². The van der Waals surface area contributed by atoms with Gasteiger partial charge in [-0.2, -0.15) is 13.2 Å². The van der Waals surface area contributed by atoms with E-state index in [1.165, 1.54) is 19.1 Å². The van der Waals surface area contributed by atoms with Crippen LogP contribution in [0.1, 0.15) is 38.5 Å². The minimum Gasteiger partial charge on any atom is -0.468 e. The van der Waals surface area contributed by atoms with Crippen LogP contribution >= 0.6 is 0 Å². The zero-order valence-electron chi connectivity index (χ0n) is 14.8. The number of aliphatic imine (C=N–C) groups is 1. The number of ether oxygens (including phenoxy) is 2. The number of nitrogens with two attached hydrogens (primary N) is 2. The second-order valence-corrected chi connectivity index (χ2v) is 7.38. The molecule has 3 fully saturated rings. The summed E-state index contributed by atoms with van der Waals surface area (Å²) in [5.74, 6) is -0.441. The average Bonchev–Trinajstić information content (AvgIpc) is 2.95. The van der Waals surface area contributed by atoms with E-state index in [1.54, 1.807) is 0 Å². The van der Waals surface area contributed by atoms with Crippen LogP contribution in [-0.4, -0.2) is 61.3 Å². The molecule has 1 aliphatic carbocycles. The molecule has 2 aliphatic heterocycles. The number of halogens is 3. The Morgan fingerprint density at radius 3 is 2.27 bits per heavy atom. The molecular formula is C17H27F3N4O2. The number of nitrogens with zero attached hydrogens (tertiary/aromatic N) is 2. The normalized spacial score (nSPS) is 34.1. The first-order chi connectivity index (χ1) is 12.3. The fourth-order valence-electron chi connectivity index (χ4n) is 4.01. The number of alkyl halides is 3. The summed E-state index contributed by atoms with van der Waals surface area (Å²) in [5.41, 5.74) is 11.0. The molecule has 2 bridgehead atoms. The topological polar surface area (TPSA) is 86.1 Å². The molecule has 0 unspecified atom stereocenters. The van der Waals surface area contributed by atoms with E-state index in [-0.39, 0.29) is 11.7 Å². The second-order valence-electron chi connectivity index (χ2n) is 7.38. The second kappa shape index (κ2) is 8.04. The van der Waals surface area contributed by atoms with Gasteiger partial charge >= 0.3 is 6.18 Å². The first-order valence-electron chi connectivity index (χ1n) is 9.17. The van der Waals surface area contributed by atoms with Crippen LogP contribution in [0.5, 0.6) is 0 Å². The summed E-state index contributed by atoms with van der Waals surface area (Å²) in [5, 5.41) is 0. The van der Waals surface area contributed by atoms with Gasteiger partial charge in [0.05, 0.1) is 18.2 Å². The molecule has 4 N–H and O–H groups in total. The lowest BCUT2D eigenvalue weighted by Crippen LogP contribution is -2.49. The number of hydrogen-bond acceptors (Lipinski definition) is 6. The lowest BCUT2D eigenvalue weighted by atomic mass is 9.90. The molecule has 3 rings (SSSR count). The maximum atomic E-state index is 12.1. The maximum Gasteiger partial charge on any atom is 0.422 e. The van der Waals surface area contributed by atoms with Gasteiger partial charge in [0, 0.05) is 25.3 Å². The number of allylic oxidation sites excluding steroid dienone is 1. The van der Waals surface area contributed by atoms with Crippen molar-refractivity contribution in [2.45, 2.75) is 69.0 Å². The molecule has 2 heterocycles. The number of likely N-dealkylation sites (tertiary alicyclic amines) is 1. The molecule has 0 aromatic carbocycles. The van der Waals surface area contributed by atoms with Gasteiger partial charge in [-0.15, -0.1) is 0 Å². The molecule has 0 aromatic heterocycles. The fourth-order valence-corrected chi connectivity index (χ4v) is 4.01. The minimum atomic E-state index is -4.45. The van der Waals surface area contributed by atoms with Gasteiger partial charge in [-0.25, -0.2) is 0 Å². The number of fused-ring (bicyclic) bond motifs is 2. The third-order valence-corrected chi connectivity index (χ3v) is 5.35. The Morgan fingerprint density at radius 1 is 1.08 bits per heavy atom. The Labute approximate surface area is 151 Å². The fraction of sp³-hybridized carbons (Fsp3) is 0.824. The Balaban J connectivity index is 1.44. The predicted octanol–water partition coefficient (Wildman–Crippen LogP) is 1.90. The van der Waals surface area contributed by atoms with Gasteiger partial charge in [0.2, 0.25) is 5.88 Å². The highest BCUT2D eigenvalue weighted by molar-refractivity contribution is 5.77. The van der Waals surface area contributed by atoms with Crippen molar-refractivity contribution in [3.8, 4) is 0 Å². The minimum absolute atomic E-state index is 0.0684. The van der Waals surface area contributed by atoms with E-state index in [0.717, 1.165) is 38.8 Å². The maximum absolute atomic E-state index is 12.1. The quantitative estimate of drug-likeness (QED) is 0.565. The molecule has 6 nitrogen and oxygen atoms in total. The van der Waals surface area contributed by atoms with Crippen LogP contribution in [0.15, 0.2) is 16.6 Å². The van der Waals surface area contributed by atoms with Crippen molar-refractivity contribution in [3.05, 3.63) is 11.6 Å². The van der Waals surface area contributed by atoms with Crippen LogP contribution in [0.2, 0.25) is 0 Å². The molecule has 0 radical (unpaired) electrons. The zero-order valence-corrected chi connectivity index (χ0v) is 14.8. The number of rotatable bonds is 5. The van der Waals surface area contributed by atoms with Gasteiger partial charge in [-0.05, 0) is 38.5 Å². The van der Waals surface area contributed by atoms with Gasteiger partial charge < -0.3 is 20.9 Å². The van der Waals surface area contributed by atoms with Crippen molar-refractivity contribution < 1.29 is 22.6 Å². The summed E-state index contributed by atoms with van der Waals surface area (Å²) < 4.78 is 46.6. The van der Waals surface area contributed by atoms with Crippen molar-refractivity contribution in [2.75, 3.05) is 19.7 Å². The first kappa shape index (κ1) is 19.3. The highest BCUT2D eigenvalue weighted by Gasteiger charge is 2.37. The standard InChI is InChI=1S/C17H27F3N4O2/c18-17(19,20)10-25-16(22)15(21)7-23-11-1-3-12(4-2-11)24-8-13-5-6-14(9-24)26-13/h7,11-14H,1-6,8-10,21-22H2/t11?,12?,13-,14+. The monoisotopic (exact) mass is 376 g/mol. The van der Waals surface area contributed by atoms with Crippen LogP contribution in [-0.2, 0) is 9.47 Å². The van der Waals surface area contributed by atoms with E-state index >= 15 is 0 Å². The van der Waals surface area contributed by atoms with Gasteiger partial charge in [-0.3, -0.25) is 9.89 Å². The van der Waals surface area contributed by atoms with E-state index in [0.29, 0.717) is 18.2 Å². The van der Waals surface area contributed by atoms with Gasteiger partial charge in [0.15, 0.2) is 6.61 Å². The van der Waals surface area contributed by atoms with Crippen LogP contribution in [0.4, 0.5) is 13.2 Å². The molecule has 2 saturated heterocycles. The highest BCUT2D eigenvalue weighted by Crippen LogP contribution is 2.32. The summed E-state index contributed by atoms with van der Waals surface area (Å²) in [6, 6.07) is 0.694. The summed E-state index contributed by atoms with van der Waals surface area (Å²) in [4.78, 5) is 6.94. The smallest absolute Gasteiger partial charge is 0.422 e. The van der Waals surface area contributed by atoms with Crippen LogP contribution < -0.4 is 11.5 Å². The van der Waals surface area contributed by atoms with E-state index in [9.17, 15) is 13.2 Å². The summed E-state index contributed by atoms with van der Waals surface area (Å²) in [7, 11) is 0. The summed E-state index contributed by atoms with van der Waals surface area (Å²) >= 11 is 0. The first-order valence-corrected chi connectivity index (χ1v) is 9.17. The van der Waals surface area contributed by atoms with Crippen LogP contribution in [0, 0.1) is 0 Å². The molecule has 26 heavy (non-hydrogen) atoms. The SMILES string of the molecule is NC(C=NC1CCC(N2C[C@H]3CC[C@@H](C2)O3)CC1)=C(N)OCC(F)(F)F. The Morgan fingerprint density at radius 2 is 1.69 bits per heavy atom. The Hall–Kier alpha value is -1.48. The van der Waals surface area contributed by atoms with Crippen molar-refractivity contribution in [2.24, 2.45) is 16.5 Å². The highest BCUT2D eigenvalue weighted by atomic mass is 19.4. The van der Waals surface area contributed by atoms with Crippen molar-refractivity contribution in [3.63, 3.8) is 0 Å². The number of morpholine rings is 1.